The van der Waals surface area contributed by atoms with Gasteiger partial charge in [-0.2, -0.15) is 11.8 Å². The van der Waals surface area contributed by atoms with Crippen LogP contribution < -0.4 is 10.6 Å². The molecule has 0 aromatic rings. The summed E-state index contributed by atoms with van der Waals surface area (Å²) in [6, 6.07) is 0.419. The fourth-order valence-corrected chi connectivity index (χ4v) is 10.6. The average Bonchev–Trinajstić information content (AvgIpc) is 1.68. The summed E-state index contributed by atoms with van der Waals surface area (Å²) in [5.41, 5.74) is 0.483. The Kier molecular flexibility index (Phi) is 65.3. The molecule has 100 heavy (non-hydrogen) atoms. The van der Waals surface area contributed by atoms with Crippen molar-refractivity contribution in [2.24, 2.45) is 0 Å². The number of unbranched alkanes of at least 4 members (excludes halogenated alkanes) is 1. The molecule has 3 atom stereocenters. The number of allylic oxidation sites excluding steroid dienone is 1. The monoisotopic (exact) mass is 1470 g/mol. The molecule has 3 fully saturated rings. The van der Waals surface area contributed by atoms with Crippen molar-refractivity contribution in [2.75, 3.05) is 323 Å². The molecule has 0 aliphatic carbocycles. The molecular formula is C67H123N3O29S. The van der Waals surface area contributed by atoms with E-state index in [1.165, 1.54) is 0 Å². The molecule has 32 nitrogen and oxygen atoms in total. The van der Waals surface area contributed by atoms with E-state index in [1.807, 2.05) is 11.8 Å². The first-order valence-corrected chi connectivity index (χ1v) is 36.8. The number of rotatable bonds is 82. The molecule has 0 aromatic heterocycles. The third-order valence-electron chi connectivity index (χ3n) is 14.2. The minimum Gasteiger partial charge on any atom is -0.379 e. The number of hydrogen-bond donors (Lipinski definition) is 2. The smallest absolute Gasteiger partial charge is 0.335 e. The molecule has 0 aromatic carbocycles. The zero-order valence-corrected chi connectivity index (χ0v) is 60.5. The Balaban J connectivity index is 0.833. The van der Waals surface area contributed by atoms with E-state index in [1.54, 1.807) is 0 Å². The third kappa shape index (κ3) is 58.3. The van der Waals surface area contributed by atoms with Crippen LogP contribution in [0.15, 0.2) is 12.3 Å². The predicted octanol–water partition coefficient (Wildman–Crippen LogP) is 2.44. The van der Waals surface area contributed by atoms with Crippen LogP contribution in [-0.4, -0.2) is 369 Å². The van der Waals surface area contributed by atoms with Gasteiger partial charge >= 0.3 is 12.0 Å². The number of thioether (sulfide) groups is 1. The van der Waals surface area contributed by atoms with Crippen molar-refractivity contribution in [3.05, 3.63) is 12.3 Å². The number of carbonyl (C=O) groups excluding carboxylic acids is 4. The summed E-state index contributed by atoms with van der Waals surface area (Å²) in [5, 5.41) is 7.39. The van der Waals surface area contributed by atoms with Crippen molar-refractivity contribution in [1.82, 2.24) is 15.7 Å². The zero-order chi connectivity index (χ0) is 71.0. The first kappa shape index (κ1) is 91.2. The van der Waals surface area contributed by atoms with Crippen LogP contribution in [0.5, 0.6) is 0 Å². The second-order valence-electron chi connectivity index (χ2n) is 22.2. The van der Waals surface area contributed by atoms with Crippen molar-refractivity contribution in [3.63, 3.8) is 0 Å². The standard InChI is InChI=1S/C67H123N3O29S/c1-60-8-9-64(72)70(60)99-65(73)10-12-76-14-16-78-18-20-80-22-24-82-26-28-84-30-32-86-34-36-88-38-40-90-42-44-92-46-48-94-50-52-96-54-56-98-58-57-97-55-53-95-51-49-93-47-45-91-43-41-89-39-37-87-35-33-85-31-29-83-27-25-81-23-21-79-19-17-77-15-13-75-11-4-6-61(71)5-2-3-7-63-66-62(59-100-63)68-67(74)69-66/h62-63,66H,1-59H2,(H2,68,69,74). The van der Waals surface area contributed by atoms with E-state index >= 15 is 0 Å². The second-order valence-corrected chi connectivity index (χ2v) is 23.4. The van der Waals surface area contributed by atoms with Gasteiger partial charge in [0.2, 0.25) is 0 Å². The van der Waals surface area contributed by atoms with Gasteiger partial charge in [-0.15, -0.1) is 5.06 Å². The minimum absolute atomic E-state index is 0.0275. The van der Waals surface area contributed by atoms with Gasteiger partial charge < -0.3 is 129 Å². The summed E-state index contributed by atoms with van der Waals surface area (Å²) in [7, 11) is 0. The van der Waals surface area contributed by atoms with E-state index in [2.05, 4.69) is 17.2 Å². The van der Waals surface area contributed by atoms with Crippen molar-refractivity contribution in [1.29, 1.82) is 0 Å². The van der Waals surface area contributed by atoms with Gasteiger partial charge in [0.1, 0.15) is 5.78 Å². The molecule has 0 saturated carbocycles. The fourth-order valence-electron chi connectivity index (χ4n) is 9.02. The van der Waals surface area contributed by atoms with E-state index in [-0.39, 0.29) is 42.8 Å². The minimum atomic E-state index is -0.546. The highest BCUT2D eigenvalue weighted by Crippen LogP contribution is 2.33. The van der Waals surface area contributed by atoms with Crippen molar-refractivity contribution < 1.29 is 138 Å². The number of Topliss-reactive ketones (excluding diaryl/α,β-unsaturated/α-hetero) is 1. The summed E-state index contributed by atoms with van der Waals surface area (Å²) in [5.74, 6) is 0.436. The molecule has 0 bridgehead atoms. The van der Waals surface area contributed by atoms with Crippen LogP contribution in [0.3, 0.4) is 0 Å². The number of urea groups is 1. The summed E-state index contributed by atoms with van der Waals surface area (Å²) in [4.78, 5) is 52.2. The SMILES string of the molecule is C=C1CCC(=O)N1OC(=O)CCOCCOCCOCCOCCOCCOCCOCCOCCOCCOCCOCCOCCOCCOCCOCCOCCOCCOCCOCCOCCOCCOCCOCCOCCCC(=O)CCCCC1SCC2NC(=O)NC21. The Morgan fingerprint density at radius 3 is 0.860 bits per heavy atom. The van der Waals surface area contributed by atoms with Crippen LogP contribution in [0.25, 0.3) is 0 Å². The molecule has 3 rings (SSSR count). The van der Waals surface area contributed by atoms with E-state index in [9.17, 15) is 19.2 Å². The largest absolute Gasteiger partial charge is 0.379 e. The van der Waals surface area contributed by atoms with E-state index in [0.29, 0.717) is 347 Å². The number of hydrogen-bond acceptors (Lipinski definition) is 30. The molecule has 0 radical (unpaired) electrons. The highest BCUT2D eigenvalue weighted by atomic mass is 32.2. The molecule has 3 heterocycles. The van der Waals surface area contributed by atoms with Crippen LogP contribution in [0.2, 0.25) is 0 Å². The normalized spacial score (nSPS) is 16.0. The molecule has 3 amide bonds. The highest BCUT2D eigenvalue weighted by Gasteiger charge is 2.42. The molecule has 3 saturated heterocycles. The average molecular weight is 1470 g/mol. The summed E-state index contributed by atoms with van der Waals surface area (Å²) in [6.45, 7) is 25.8. The van der Waals surface area contributed by atoms with Crippen LogP contribution >= 0.6 is 11.8 Å². The maximum absolute atomic E-state index is 12.2. The Bertz CT molecular complexity index is 1870. The molecule has 2 N–H and O–H groups in total. The number of carbonyl (C=O) groups is 4. The Hall–Kier alpha value is -2.99. The predicted molar refractivity (Wildman–Crippen MR) is 364 cm³/mol. The number of nitrogens with zero attached hydrogens (tertiary/aromatic N) is 1. The van der Waals surface area contributed by atoms with Gasteiger partial charge in [-0.1, -0.05) is 13.0 Å². The Labute approximate surface area is 597 Å². The zero-order valence-electron chi connectivity index (χ0n) is 59.6. The van der Waals surface area contributed by atoms with Crippen molar-refractivity contribution in [2.45, 2.75) is 75.1 Å². The number of nitrogens with one attached hydrogen (secondary N) is 2. The van der Waals surface area contributed by atoms with Crippen molar-refractivity contribution in [3.8, 4) is 0 Å². The fraction of sp³-hybridized carbons (Fsp3) is 0.910. The Morgan fingerprint density at radius 2 is 0.590 bits per heavy atom. The van der Waals surface area contributed by atoms with Gasteiger partial charge in [0.05, 0.1) is 335 Å². The van der Waals surface area contributed by atoms with Gasteiger partial charge in [0.25, 0.3) is 5.91 Å². The summed E-state index contributed by atoms with van der Waals surface area (Å²) < 4.78 is 132. The van der Waals surface area contributed by atoms with E-state index < -0.39 is 5.97 Å². The van der Waals surface area contributed by atoms with Crippen LogP contribution in [-0.2, 0) is 133 Å². The van der Waals surface area contributed by atoms with Gasteiger partial charge in [0.15, 0.2) is 0 Å². The van der Waals surface area contributed by atoms with Crippen LogP contribution in [0, 0.1) is 0 Å². The molecule has 586 valence electrons. The Morgan fingerprint density at radius 1 is 0.330 bits per heavy atom. The molecule has 33 heteroatoms. The number of fused-ring (bicyclic) bond motifs is 1. The molecular weight excluding hydrogens is 1340 g/mol. The van der Waals surface area contributed by atoms with E-state index in [0.717, 1.165) is 36.5 Å². The number of amides is 3. The topological polar surface area (TPSA) is 326 Å². The van der Waals surface area contributed by atoms with Crippen molar-refractivity contribution >= 4 is 35.5 Å². The summed E-state index contributed by atoms with van der Waals surface area (Å²) in [6.07, 6.45) is 5.63. The molecule has 0 spiro atoms. The quantitative estimate of drug-likeness (QED) is 0.0652. The number of hydroxylamine groups is 2. The second kappa shape index (κ2) is 71.6. The first-order valence-electron chi connectivity index (χ1n) is 35.7. The van der Waals surface area contributed by atoms with Crippen LogP contribution in [0.4, 0.5) is 4.79 Å². The lowest BCUT2D eigenvalue weighted by atomic mass is 10.0. The summed E-state index contributed by atoms with van der Waals surface area (Å²) >= 11 is 1.91. The third-order valence-corrected chi connectivity index (χ3v) is 15.7. The lowest BCUT2D eigenvalue weighted by Crippen LogP contribution is -2.36. The maximum atomic E-state index is 12.2. The van der Waals surface area contributed by atoms with Gasteiger partial charge in [0, 0.05) is 36.9 Å². The van der Waals surface area contributed by atoms with Gasteiger partial charge in [-0.25, -0.2) is 9.59 Å². The molecule has 3 aliphatic rings. The van der Waals surface area contributed by atoms with E-state index in [4.69, 9.17) is 119 Å². The molecule has 3 unspecified atom stereocenters. The van der Waals surface area contributed by atoms with Gasteiger partial charge in [-0.3, -0.25) is 9.59 Å². The maximum Gasteiger partial charge on any atom is 0.335 e. The molecule has 3 aliphatic heterocycles. The van der Waals surface area contributed by atoms with Crippen LogP contribution in [0.1, 0.15) is 57.8 Å². The lowest BCUT2D eigenvalue weighted by molar-refractivity contribution is -0.187. The number of ketones is 1. The van der Waals surface area contributed by atoms with Gasteiger partial charge in [-0.05, 0) is 25.7 Å². The first-order chi connectivity index (χ1) is 49.4. The number of ether oxygens (including phenoxy) is 24. The lowest BCUT2D eigenvalue weighted by Gasteiger charge is -2.16. The highest BCUT2D eigenvalue weighted by molar-refractivity contribution is 8.00.